The van der Waals surface area contributed by atoms with Crippen molar-refractivity contribution in [3.05, 3.63) is 94.6 Å². The Bertz CT molecular complexity index is 1480. The summed E-state index contributed by atoms with van der Waals surface area (Å²) in [6.45, 7) is 3.94. The Morgan fingerprint density at radius 3 is 2.33 bits per heavy atom. The first-order valence-electron chi connectivity index (χ1n) is 13.2. The smallest absolute Gasteiger partial charge is 0.419 e. The van der Waals surface area contributed by atoms with Crippen LogP contribution in [0, 0.1) is 11.6 Å². The van der Waals surface area contributed by atoms with E-state index in [-0.39, 0.29) is 47.7 Å². The van der Waals surface area contributed by atoms with Gasteiger partial charge in [0.05, 0.1) is 17.1 Å². The van der Waals surface area contributed by atoms with Crippen molar-refractivity contribution in [1.82, 2.24) is 10.2 Å². The quantitative estimate of drug-likeness (QED) is 0.187. The van der Waals surface area contributed by atoms with Crippen molar-refractivity contribution in [3.63, 3.8) is 0 Å². The van der Waals surface area contributed by atoms with Gasteiger partial charge >= 0.3 is 6.18 Å². The third-order valence-electron chi connectivity index (χ3n) is 6.60. The minimum absolute atomic E-state index is 0.0171. The number of ether oxygens (including phenoxy) is 1. The van der Waals surface area contributed by atoms with Crippen LogP contribution in [-0.4, -0.2) is 45.2 Å². The number of rotatable bonds is 13. The topological polar surface area (TPSA) is 75.7 Å². The highest BCUT2D eigenvalue weighted by atomic mass is 32.2. The molecule has 42 heavy (non-hydrogen) atoms. The van der Waals surface area contributed by atoms with E-state index >= 15 is 0 Å². The summed E-state index contributed by atoms with van der Waals surface area (Å²) in [6, 6.07) is 13.6. The fourth-order valence-electron chi connectivity index (χ4n) is 4.49. The molecule has 0 saturated heterocycles. The van der Waals surface area contributed by atoms with Crippen molar-refractivity contribution in [3.8, 4) is 5.75 Å². The molecule has 0 aliphatic heterocycles. The molecular formula is C30H33F5N2O4S. The van der Waals surface area contributed by atoms with Crippen LogP contribution in [-0.2, 0) is 33.9 Å². The number of carbonyl (C=O) groups excluding carboxylic acids is 1. The largest absolute Gasteiger partial charge is 0.494 e. The lowest BCUT2D eigenvalue weighted by atomic mass is 10.00. The molecule has 1 amide bonds. The van der Waals surface area contributed by atoms with Crippen molar-refractivity contribution < 1.29 is 39.9 Å². The van der Waals surface area contributed by atoms with Crippen molar-refractivity contribution in [1.29, 1.82) is 0 Å². The molecule has 0 fully saturated rings. The van der Waals surface area contributed by atoms with Gasteiger partial charge in [0.25, 0.3) is 0 Å². The molecule has 0 saturated carbocycles. The van der Waals surface area contributed by atoms with Crippen molar-refractivity contribution in [2.75, 3.05) is 26.0 Å². The molecule has 3 aromatic rings. The lowest BCUT2D eigenvalue weighted by molar-refractivity contribution is -0.140. The highest BCUT2D eigenvalue weighted by Gasteiger charge is 2.35. The molecule has 0 radical (unpaired) electrons. The molecule has 228 valence electrons. The molecule has 0 heterocycles. The second-order valence-corrected chi connectivity index (χ2v) is 12.1. The number of nitrogens with one attached hydrogen (secondary N) is 1. The summed E-state index contributed by atoms with van der Waals surface area (Å²) in [5, 5.41) is 2.57. The summed E-state index contributed by atoms with van der Waals surface area (Å²) in [5.41, 5.74) is -0.220. The summed E-state index contributed by atoms with van der Waals surface area (Å²) >= 11 is 0. The Morgan fingerprint density at radius 2 is 1.71 bits per heavy atom. The van der Waals surface area contributed by atoms with Gasteiger partial charge < -0.3 is 10.1 Å². The van der Waals surface area contributed by atoms with Crippen LogP contribution >= 0.6 is 0 Å². The number of hydrogen-bond donors (Lipinski definition) is 1. The Hall–Kier alpha value is -3.51. The number of nitrogens with zero attached hydrogens (tertiary/aromatic N) is 1. The predicted octanol–water partition coefficient (Wildman–Crippen LogP) is 6.10. The monoisotopic (exact) mass is 612 g/mol. The summed E-state index contributed by atoms with van der Waals surface area (Å²) in [7, 11) is -3.62. The molecular weight excluding hydrogens is 579 g/mol. The van der Waals surface area contributed by atoms with E-state index in [1.165, 1.54) is 37.3 Å². The Labute approximate surface area is 242 Å². The van der Waals surface area contributed by atoms with Gasteiger partial charge in [0.1, 0.15) is 17.4 Å². The van der Waals surface area contributed by atoms with E-state index in [0.29, 0.717) is 31.1 Å². The highest BCUT2D eigenvalue weighted by Crippen LogP contribution is 2.33. The summed E-state index contributed by atoms with van der Waals surface area (Å²) in [5.74, 6) is -1.88. The van der Waals surface area contributed by atoms with Crippen molar-refractivity contribution in [2.24, 2.45) is 0 Å². The number of amides is 1. The first-order valence-corrected chi connectivity index (χ1v) is 15.1. The molecule has 0 spiro atoms. The van der Waals surface area contributed by atoms with E-state index in [1.54, 1.807) is 29.2 Å². The van der Waals surface area contributed by atoms with E-state index in [0.717, 1.165) is 11.8 Å². The second kappa shape index (κ2) is 14.1. The zero-order chi connectivity index (χ0) is 31.1. The number of hydrogen-bond acceptors (Lipinski definition) is 5. The lowest BCUT2D eigenvalue weighted by Crippen LogP contribution is -2.30. The van der Waals surface area contributed by atoms with Crippen LogP contribution in [0.2, 0.25) is 0 Å². The van der Waals surface area contributed by atoms with Crippen molar-refractivity contribution >= 4 is 15.7 Å². The Morgan fingerprint density at radius 1 is 1.02 bits per heavy atom. The summed E-state index contributed by atoms with van der Waals surface area (Å²) in [6.07, 6.45) is -3.39. The summed E-state index contributed by atoms with van der Waals surface area (Å²) < 4.78 is 98.5. The average Bonchev–Trinajstić information content (AvgIpc) is 2.90. The zero-order valence-corrected chi connectivity index (χ0v) is 24.3. The van der Waals surface area contributed by atoms with E-state index in [9.17, 15) is 35.2 Å². The predicted molar refractivity (Wildman–Crippen MR) is 149 cm³/mol. The fourth-order valence-corrected chi connectivity index (χ4v) is 5.44. The second-order valence-electron chi connectivity index (χ2n) is 10.1. The van der Waals surface area contributed by atoms with Crippen LogP contribution in [0.4, 0.5) is 22.0 Å². The van der Waals surface area contributed by atoms with E-state index in [1.807, 2.05) is 6.92 Å². The molecule has 1 unspecified atom stereocenters. The fraction of sp³-hybridized carbons (Fsp3) is 0.367. The zero-order valence-electron chi connectivity index (χ0n) is 23.5. The molecule has 0 aliphatic rings. The van der Waals surface area contributed by atoms with Crippen LogP contribution < -0.4 is 10.1 Å². The molecule has 3 rings (SSSR count). The van der Waals surface area contributed by atoms with Gasteiger partial charge in [-0.2, -0.15) is 13.2 Å². The first kappa shape index (κ1) is 33.0. The van der Waals surface area contributed by atoms with Gasteiger partial charge in [-0.3, -0.25) is 9.69 Å². The average molecular weight is 613 g/mol. The normalized spacial score (nSPS) is 12.8. The van der Waals surface area contributed by atoms with Gasteiger partial charge in [0.15, 0.2) is 9.84 Å². The van der Waals surface area contributed by atoms with E-state index in [2.05, 4.69) is 5.32 Å². The maximum absolute atomic E-state index is 14.8. The van der Waals surface area contributed by atoms with Crippen LogP contribution in [0.25, 0.3) is 0 Å². The molecule has 0 bridgehead atoms. The van der Waals surface area contributed by atoms with Gasteiger partial charge in [-0.25, -0.2) is 17.2 Å². The molecule has 1 N–H and O–H groups in total. The lowest BCUT2D eigenvalue weighted by Gasteiger charge is -2.27. The molecule has 0 aromatic heterocycles. The number of carbonyl (C=O) groups is 1. The van der Waals surface area contributed by atoms with Crippen molar-refractivity contribution in [2.45, 2.75) is 50.3 Å². The molecule has 6 nitrogen and oxygen atoms in total. The SMILES string of the molecule is CC(=O)NCc1ccc(OCCCN(Cc2cccc(C(F)(F)F)c2F)CC(C)c2ccc(F)cc2)cc1S(C)(=O)=O. The molecule has 1 atom stereocenters. The van der Waals surface area contributed by atoms with Gasteiger partial charge in [-0.1, -0.05) is 37.3 Å². The third kappa shape index (κ3) is 9.52. The van der Waals surface area contributed by atoms with Gasteiger partial charge in [-0.15, -0.1) is 0 Å². The Kier molecular flexibility index (Phi) is 11.1. The first-order chi connectivity index (χ1) is 19.6. The minimum atomic E-state index is -4.83. The van der Waals surface area contributed by atoms with Crippen LogP contribution in [0.3, 0.4) is 0 Å². The third-order valence-corrected chi connectivity index (χ3v) is 7.78. The Balaban J connectivity index is 1.73. The maximum Gasteiger partial charge on any atom is 0.419 e. The molecule has 3 aromatic carbocycles. The van der Waals surface area contributed by atoms with Gasteiger partial charge in [0.2, 0.25) is 5.91 Å². The van der Waals surface area contributed by atoms with E-state index in [4.69, 9.17) is 4.74 Å². The van der Waals surface area contributed by atoms with E-state index < -0.39 is 33.2 Å². The standard InChI is InChI=1S/C30H33F5N2O4S/c1-20(22-8-11-25(31)12-9-22)18-37(19-24-6-4-7-27(29(24)32)30(33,34)35)14-5-15-41-26-13-10-23(17-36-21(2)38)28(16-26)42(3,39)40/h4,6-13,16,20H,5,14-15,17-19H2,1-3H3,(H,36,38). The molecule has 12 heteroatoms. The maximum atomic E-state index is 14.8. The molecule has 0 aliphatic carbocycles. The van der Waals surface area contributed by atoms with Crippen LogP contribution in [0.15, 0.2) is 65.6 Å². The van der Waals surface area contributed by atoms with Crippen LogP contribution in [0.5, 0.6) is 5.75 Å². The highest BCUT2D eigenvalue weighted by molar-refractivity contribution is 7.90. The number of sulfone groups is 1. The number of benzene rings is 3. The van der Waals surface area contributed by atoms with Gasteiger partial charge in [-0.05, 0) is 53.8 Å². The summed E-state index contributed by atoms with van der Waals surface area (Å²) in [4.78, 5) is 13.1. The number of alkyl halides is 3. The number of halogens is 5. The van der Waals surface area contributed by atoms with Crippen LogP contribution in [0.1, 0.15) is 48.4 Å². The van der Waals surface area contributed by atoms with Gasteiger partial charge in [0, 0.05) is 44.9 Å². The minimum Gasteiger partial charge on any atom is -0.494 e.